The van der Waals surface area contributed by atoms with Crippen LogP contribution in [0.25, 0.3) is 45.9 Å². The normalized spacial score (nSPS) is 12.4. The van der Waals surface area contributed by atoms with Gasteiger partial charge in [0, 0.05) is 33.8 Å². The Morgan fingerprint density at radius 2 is 1.11 bits per heavy atom. The molecule has 0 saturated carbocycles. The molecular formula is C44H34N2. The highest BCUT2D eigenvalue weighted by Crippen LogP contribution is 2.40. The molecule has 7 aromatic rings. The molecule has 1 aliphatic rings. The van der Waals surface area contributed by atoms with Crippen molar-refractivity contribution in [3.8, 4) is 16.8 Å². The average molecular weight is 591 g/mol. The molecule has 0 saturated heterocycles. The van der Waals surface area contributed by atoms with Gasteiger partial charge in [-0.15, -0.1) is 0 Å². The third-order valence-electron chi connectivity index (χ3n) is 8.86. The van der Waals surface area contributed by atoms with Gasteiger partial charge in [0.1, 0.15) is 0 Å². The fourth-order valence-corrected chi connectivity index (χ4v) is 6.59. The Balaban J connectivity index is 1.20. The molecule has 220 valence electrons. The lowest BCUT2D eigenvalue weighted by Crippen LogP contribution is -2.09. The predicted molar refractivity (Wildman–Crippen MR) is 196 cm³/mol. The van der Waals surface area contributed by atoms with Crippen LogP contribution >= 0.6 is 0 Å². The average Bonchev–Trinajstić information content (AvgIpc) is 3.46. The van der Waals surface area contributed by atoms with Crippen LogP contribution in [0.1, 0.15) is 28.8 Å². The molecule has 46 heavy (non-hydrogen) atoms. The van der Waals surface area contributed by atoms with Gasteiger partial charge in [-0.05, 0) is 101 Å². The molecule has 1 heterocycles. The van der Waals surface area contributed by atoms with Crippen molar-refractivity contribution in [2.45, 2.75) is 12.8 Å². The lowest BCUT2D eigenvalue weighted by atomic mass is 10.0. The molecular weight excluding hydrogens is 556 g/mol. The minimum absolute atomic E-state index is 1.04. The first kappa shape index (κ1) is 27.7. The number of benzene rings is 6. The van der Waals surface area contributed by atoms with E-state index < -0.39 is 0 Å². The number of nitrogens with zero attached hydrogens (tertiary/aromatic N) is 2. The number of aromatic nitrogens is 1. The Hall–Kier alpha value is -5.86. The van der Waals surface area contributed by atoms with Crippen LogP contribution in [0.5, 0.6) is 0 Å². The molecule has 1 aliphatic carbocycles. The van der Waals surface area contributed by atoms with Crippen molar-refractivity contribution in [1.29, 1.82) is 0 Å². The van der Waals surface area contributed by atoms with Gasteiger partial charge < -0.3 is 9.47 Å². The summed E-state index contributed by atoms with van der Waals surface area (Å²) in [4.78, 5) is 2.36. The summed E-state index contributed by atoms with van der Waals surface area (Å²) in [6, 6.07) is 56.5. The standard InChI is InChI=1S/C44H34N2/c1-4-12-33(13-5-1)20-21-34-22-26-38(27-23-34)45(37-16-8-3-9-17-37)40-30-31-44-42(32-40)41-18-10-11-19-43(41)46(44)39-28-24-36(25-29-39)35-14-6-2-7-15-35/h1-9,11-17,19-32H,10,18H2/b21-20+. The molecule has 0 N–H and O–H groups in total. The van der Waals surface area contributed by atoms with Crippen molar-refractivity contribution < 1.29 is 0 Å². The first-order valence-corrected chi connectivity index (χ1v) is 16.0. The molecule has 2 heteroatoms. The Labute approximate surface area is 270 Å². The zero-order valence-corrected chi connectivity index (χ0v) is 25.6. The number of para-hydroxylation sites is 1. The lowest BCUT2D eigenvalue weighted by molar-refractivity contribution is 0.967. The summed E-state index contributed by atoms with van der Waals surface area (Å²) in [5, 5.41) is 1.31. The van der Waals surface area contributed by atoms with Crippen molar-refractivity contribution in [3.63, 3.8) is 0 Å². The van der Waals surface area contributed by atoms with E-state index in [-0.39, 0.29) is 0 Å². The number of hydrogen-bond acceptors (Lipinski definition) is 1. The van der Waals surface area contributed by atoms with E-state index >= 15 is 0 Å². The number of anilines is 3. The monoisotopic (exact) mass is 590 g/mol. The quantitative estimate of drug-likeness (QED) is 0.168. The first-order chi connectivity index (χ1) is 22.8. The van der Waals surface area contributed by atoms with Gasteiger partial charge in [0.25, 0.3) is 0 Å². The highest BCUT2D eigenvalue weighted by atomic mass is 15.1. The summed E-state index contributed by atoms with van der Waals surface area (Å²) < 4.78 is 2.43. The summed E-state index contributed by atoms with van der Waals surface area (Å²) in [6.07, 6.45) is 11.0. The predicted octanol–water partition coefficient (Wildman–Crippen LogP) is 11.9. The third kappa shape index (κ3) is 5.35. The highest BCUT2D eigenvalue weighted by Gasteiger charge is 2.21. The van der Waals surface area contributed by atoms with E-state index in [4.69, 9.17) is 0 Å². The molecule has 0 bridgehead atoms. The number of hydrogen-bond donors (Lipinski definition) is 0. The van der Waals surface area contributed by atoms with E-state index in [2.05, 4.69) is 185 Å². The zero-order chi connectivity index (χ0) is 30.7. The van der Waals surface area contributed by atoms with Crippen molar-refractivity contribution in [1.82, 2.24) is 4.57 Å². The fourth-order valence-electron chi connectivity index (χ4n) is 6.59. The van der Waals surface area contributed by atoms with Gasteiger partial charge in [-0.3, -0.25) is 0 Å². The first-order valence-electron chi connectivity index (χ1n) is 16.0. The van der Waals surface area contributed by atoms with E-state index in [0.29, 0.717) is 0 Å². The smallest absolute Gasteiger partial charge is 0.0539 e. The molecule has 0 spiro atoms. The number of aryl methyl sites for hydroxylation is 1. The van der Waals surface area contributed by atoms with Crippen molar-refractivity contribution in [2.24, 2.45) is 0 Å². The maximum atomic E-state index is 2.43. The second kappa shape index (κ2) is 12.3. The Kier molecular flexibility index (Phi) is 7.38. The molecule has 1 aromatic heterocycles. The maximum absolute atomic E-state index is 2.43. The van der Waals surface area contributed by atoms with Gasteiger partial charge in [-0.1, -0.05) is 121 Å². The molecule has 0 unspecified atom stereocenters. The van der Waals surface area contributed by atoms with E-state index in [1.807, 2.05) is 6.07 Å². The SMILES string of the molecule is C1=Cc2c(c3cc(N(c4ccccc4)c4ccc(/C=C/c5ccccc5)cc4)ccc3n2-c2ccc(-c3ccccc3)cc2)CC1. The van der Waals surface area contributed by atoms with E-state index in [0.717, 1.165) is 29.9 Å². The van der Waals surface area contributed by atoms with Crippen molar-refractivity contribution in [3.05, 3.63) is 186 Å². The van der Waals surface area contributed by atoms with Gasteiger partial charge >= 0.3 is 0 Å². The topological polar surface area (TPSA) is 8.17 Å². The van der Waals surface area contributed by atoms with Crippen LogP contribution in [0.3, 0.4) is 0 Å². The zero-order valence-electron chi connectivity index (χ0n) is 25.6. The van der Waals surface area contributed by atoms with Crippen molar-refractivity contribution in [2.75, 3.05) is 4.90 Å². The molecule has 6 aromatic carbocycles. The van der Waals surface area contributed by atoms with Crippen LogP contribution in [0.2, 0.25) is 0 Å². The second-order valence-corrected chi connectivity index (χ2v) is 11.8. The minimum Gasteiger partial charge on any atom is -0.310 e. The van der Waals surface area contributed by atoms with Gasteiger partial charge in [0.05, 0.1) is 5.52 Å². The van der Waals surface area contributed by atoms with Crippen LogP contribution in [-0.2, 0) is 6.42 Å². The molecule has 0 amide bonds. The molecule has 0 aliphatic heterocycles. The number of rotatable bonds is 7. The summed E-state index contributed by atoms with van der Waals surface area (Å²) >= 11 is 0. The number of allylic oxidation sites excluding steroid dienone is 1. The fraction of sp³-hybridized carbons (Fsp3) is 0.0455. The molecule has 2 nitrogen and oxygen atoms in total. The summed E-state index contributed by atoms with van der Waals surface area (Å²) in [7, 11) is 0. The molecule has 8 rings (SSSR count). The lowest BCUT2D eigenvalue weighted by Gasteiger charge is -2.26. The van der Waals surface area contributed by atoms with Crippen LogP contribution in [0.15, 0.2) is 164 Å². The maximum Gasteiger partial charge on any atom is 0.0539 e. The summed E-state index contributed by atoms with van der Waals surface area (Å²) in [5.74, 6) is 0. The van der Waals surface area contributed by atoms with Gasteiger partial charge in [-0.25, -0.2) is 0 Å². The minimum atomic E-state index is 1.04. The second-order valence-electron chi connectivity index (χ2n) is 11.8. The summed E-state index contributed by atoms with van der Waals surface area (Å²) in [5.41, 5.74) is 13.4. The Morgan fingerprint density at radius 3 is 1.83 bits per heavy atom. The molecule has 0 radical (unpaired) electrons. The van der Waals surface area contributed by atoms with E-state index in [9.17, 15) is 0 Å². The Morgan fingerprint density at radius 1 is 0.522 bits per heavy atom. The van der Waals surface area contributed by atoms with E-state index in [1.54, 1.807) is 0 Å². The third-order valence-corrected chi connectivity index (χ3v) is 8.86. The highest BCUT2D eigenvalue weighted by molar-refractivity contribution is 5.95. The van der Waals surface area contributed by atoms with Gasteiger partial charge in [0.2, 0.25) is 0 Å². The van der Waals surface area contributed by atoms with Gasteiger partial charge in [0.15, 0.2) is 0 Å². The molecule has 0 fully saturated rings. The van der Waals surface area contributed by atoms with Crippen LogP contribution in [-0.4, -0.2) is 4.57 Å². The van der Waals surface area contributed by atoms with Crippen LogP contribution in [0, 0.1) is 0 Å². The van der Waals surface area contributed by atoms with Crippen LogP contribution in [0.4, 0.5) is 17.1 Å². The summed E-state index contributed by atoms with van der Waals surface area (Å²) in [6.45, 7) is 0. The largest absolute Gasteiger partial charge is 0.310 e. The van der Waals surface area contributed by atoms with Crippen molar-refractivity contribution >= 4 is 46.2 Å². The Bertz CT molecular complexity index is 2150. The van der Waals surface area contributed by atoms with E-state index in [1.165, 1.54) is 50.1 Å². The van der Waals surface area contributed by atoms with Crippen LogP contribution < -0.4 is 4.90 Å². The van der Waals surface area contributed by atoms with Gasteiger partial charge in [-0.2, -0.15) is 0 Å². The number of fused-ring (bicyclic) bond motifs is 3. The molecule has 0 atom stereocenters.